The first-order valence-electron chi connectivity index (χ1n) is 8.95. The summed E-state index contributed by atoms with van der Waals surface area (Å²) in [6.45, 7) is 3.67. The van der Waals surface area contributed by atoms with Gasteiger partial charge in [-0.05, 0) is 25.5 Å². The van der Waals surface area contributed by atoms with Crippen LogP contribution in [-0.4, -0.2) is 33.5 Å². The maximum atomic E-state index is 12.5. The van der Waals surface area contributed by atoms with E-state index >= 15 is 0 Å². The van der Waals surface area contributed by atoms with Crippen LogP contribution in [0.15, 0.2) is 30.5 Å². The third kappa shape index (κ3) is 3.40. The molecule has 1 aromatic carbocycles. The molecule has 0 bridgehead atoms. The first-order chi connectivity index (χ1) is 14.0. The minimum absolute atomic E-state index is 0.135. The van der Waals surface area contributed by atoms with E-state index in [-0.39, 0.29) is 24.9 Å². The monoisotopic (exact) mass is 410 g/mol. The lowest BCUT2D eigenvalue weighted by molar-refractivity contribution is 0.0464. The predicted octanol–water partition coefficient (Wildman–Crippen LogP) is 3.60. The molecule has 0 radical (unpaired) electrons. The van der Waals surface area contributed by atoms with Crippen LogP contribution in [0.5, 0.6) is 0 Å². The van der Waals surface area contributed by atoms with Crippen molar-refractivity contribution in [2.45, 2.75) is 20.5 Å². The molecule has 3 heterocycles. The zero-order valence-electron chi connectivity index (χ0n) is 15.8. The number of hydrogen-bond donors (Lipinski definition) is 2. The average Bonchev–Trinajstić information content (AvgIpc) is 3.28. The summed E-state index contributed by atoms with van der Waals surface area (Å²) in [5, 5.41) is 1.39. The molecule has 0 aliphatic heterocycles. The molecule has 9 heteroatoms. The molecule has 0 spiro atoms. The molecule has 3 N–H and O–H groups in total. The Morgan fingerprint density at radius 1 is 1.17 bits per heavy atom. The van der Waals surface area contributed by atoms with Crippen molar-refractivity contribution in [1.29, 1.82) is 0 Å². The van der Waals surface area contributed by atoms with Crippen molar-refractivity contribution in [1.82, 2.24) is 15.0 Å². The highest BCUT2D eigenvalue weighted by Gasteiger charge is 2.21. The zero-order valence-corrected chi connectivity index (χ0v) is 16.6. The summed E-state index contributed by atoms with van der Waals surface area (Å²) in [5.74, 6) is -0.406. The van der Waals surface area contributed by atoms with Gasteiger partial charge in [-0.15, -0.1) is 11.3 Å². The van der Waals surface area contributed by atoms with Crippen molar-refractivity contribution < 1.29 is 19.1 Å². The molecular weight excluding hydrogens is 392 g/mol. The fourth-order valence-corrected chi connectivity index (χ4v) is 4.22. The second-order valence-corrected chi connectivity index (χ2v) is 7.31. The van der Waals surface area contributed by atoms with Gasteiger partial charge in [-0.25, -0.2) is 19.6 Å². The number of ether oxygens (including phenoxy) is 2. The van der Waals surface area contributed by atoms with Gasteiger partial charge in [0.2, 0.25) is 0 Å². The smallest absolute Gasteiger partial charge is 0.348 e. The Morgan fingerprint density at radius 2 is 1.97 bits per heavy atom. The largest absolute Gasteiger partial charge is 0.462 e. The second-order valence-electron chi connectivity index (χ2n) is 6.31. The quantitative estimate of drug-likeness (QED) is 0.482. The summed E-state index contributed by atoms with van der Waals surface area (Å²) < 4.78 is 10.5. The van der Waals surface area contributed by atoms with Crippen LogP contribution in [0.2, 0.25) is 0 Å². The number of carbonyl (C=O) groups excluding carboxylic acids is 2. The van der Waals surface area contributed by atoms with Crippen LogP contribution in [0.1, 0.15) is 38.3 Å². The van der Waals surface area contributed by atoms with E-state index in [0.717, 1.165) is 10.9 Å². The molecule has 148 valence electrons. The van der Waals surface area contributed by atoms with Crippen LogP contribution in [0.3, 0.4) is 0 Å². The lowest BCUT2D eigenvalue weighted by Gasteiger charge is -2.05. The Morgan fingerprint density at radius 3 is 2.76 bits per heavy atom. The standard InChI is InChI=1S/C20H18N4O4S/c1-3-27-20(26)16-10(2)15-17(21)23-14(24-18(15)29-16)9-28-19(25)12-8-22-13-7-5-4-6-11(12)13/h4-8,22H,3,9H2,1-2H3,(H2,21,23,24). The van der Waals surface area contributed by atoms with Gasteiger partial charge < -0.3 is 20.2 Å². The average molecular weight is 410 g/mol. The minimum atomic E-state index is -0.487. The number of nitrogens with zero attached hydrogens (tertiary/aromatic N) is 2. The summed E-state index contributed by atoms with van der Waals surface area (Å²) >= 11 is 1.18. The van der Waals surface area contributed by atoms with Crippen molar-refractivity contribution in [3.05, 3.63) is 52.3 Å². The molecule has 0 saturated heterocycles. The highest BCUT2D eigenvalue weighted by molar-refractivity contribution is 7.20. The summed E-state index contributed by atoms with van der Waals surface area (Å²) in [5.41, 5.74) is 8.05. The van der Waals surface area contributed by atoms with Crippen LogP contribution >= 0.6 is 11.3 Å². The maximum absolute atomic E-state index is 12.5. The molecule has 0 aliphatic rings. The highest BCUT2D eigenvalue weighted by atomic mass is 32.1. The second kappa shape index (κ2) is 7.51. The van der Waals surface area contributed by atoms with Gasteiger partial charge in [-0.2, -0.15) is 0 Å². The normalized spacial score (nSPS) is 11.1. The van der Waals surface area contributed by atoms with Crippen LogP contribution < -0.4 is 5.73 Å². The van der Waals surface area contributed by atoms with E-state index in [1.807, 2.05) is 24.3 Å². The zero-order chi connectivity index (χ0) is 20.5. The van der Waals surface area contributed by atoms with Gasteiger partial charge in [-0.1, -0.05) is 18.2 Å². The Labute approximate surface area is 169 Å². The number of H-pyrrole nitrogens is 1. The molecular formula is C20H18N4O4S. The number of fused-ring (bicyclic) bond motifs is 2. The maximum Gasteiger partial charge on any atom is 0.348 e. The number of nitrogen functional groups attached to an aromatic ring is 1. The van der Waals surface area contributed by atoms with Crippen molar-refractivity contribution in [3.8, 4) is 0 Å². The Hall–Kier alpha value is -3.46. The number of benzene rings is 1. The van der Waals surface area contributed by atoms with Crippen molar-refractivity contribution in [2.24, 2.45) is 0 Å². The van der Waals surface area contributed by atoms with Crippen LogP contribution in [-0.2, 0) is 16.1 Å². The van der Waals surface area contributed by atoms with Gasteiger partial charge in [0, 0.05) is 17.1 Å². The number of para-hydroxylation sites is 1. The Balaban J connectivity index is 1.58. The number of anilines is 1. The summed E-state index contributed by atoms with van der Waals surface area (Å²) in [6, 6.07) is 7.46. The van der Waals surface area contributed by atoms with E-state index in [1.165, 1.54) is 11.3 Å². The van der Waals surface area contributed by atoms with Crippen molar-refractivity contribution >= 4 is 50.2 Å². The SMILES string of the molecule is CCOC(=O)c1sc2nc(COC(=O)c3c[nH]c4ccccc34)nc(N)c2c1C. The topological polar surface area (TPSA) is 120 Å². The van der Waals surface area contributed by atoms with E-state index < -0.39 is 11.9 Å². The van der Waals surface area contributed by atoms with E-state index in [1.54, 1.807) is 20.0 Å². The lowest BCUT2D eigenvalue weighted by Crippen LogP contribution is -2.08. The molecule has 0 aliphatic carbocycles. The number of aromatic nitrogens is 3. The molecule has 0 saturated carbocycles. The van der Waals surface area contributed by atoms with E-state index in [2.05, 4.69) is 15.0 Å². The molecule has 0 unspecified atom stereocenters. The highest BCUT2D eigenvalue weighted by Crippen LogP contribution is 2.33. The van der Waals surface area contributed by atoms with Gasteiger partial charge in [0.25, 0.3) is 0 Å². The van der Waals surface area contributed by atoms with E-state index in [0.29, 0.717) is 26.2 Å². The van der Waals surface area contributed by atoms with Crippen LogP contribution in [0.4, 0.5) is 5.82 Å². The number of esters is 2. The number of nitrogens with one attached hydrogen (secondary N) is 1. The number of aryl methyl sites for hydroxylation is 1. The number of nitrogens with two attached hydrogens (primary N) is 1. The number of aromatic amines is 1. The van der Waals surface area contributed by atoms with E-state index in [9.17, 15) is 9.59 Å². The fourth-order valence-electron chi connectivity index (χ4n) is 3.12. The molecule has 29 heavy (non-hydrogen) atoms. The number of rotatable bonds is 5. The molecule has 8 nitrogen and oxygen atoms in total. The van der Waals surface area contributed by atoms with Gasteiger partial charge in [-0.3, -0.25) is 0 Å². The summed E-state index contributed by atoms with van der Waals surface area (Å²) in [4.78, 5) is 37.3. The lowest BCUT2D eigenvalue weighted by atomic mass is 10.2. The van der Waals surface area contributed by atoms with Crippen molar-refractivity contribution in [2.75, 3.05) is 12.3 Å². The third-order valence-electron chi connectivity index (χ3n) is 4.47. The number of thiophene rings is 1. The van der Waals surface area contributed by atoms with Crippen molar-refractivity contribution in [3.63, 3.8) is 0 Å². The first kappa shape index (κ1) is 18.9. The molecule has 0 fully saturated rings. The molecule has 3 aromatic heterocycles. The first-order valence-corrected chi connectivity index (χ1v) is 9.77. The van der Waals surface area contributed by atoms with Gasteiger partial charge >= 0.3 is 11.9 Å². The third-order valence-corrected chi connectivity index (χ3v) is 5.63. The minimum Gasteiger partial charge on any atom is -0.462 e. The summed E-state index contributed by atoms with van der Waals surface area (Å²) in [7, 11) is 0. The fraction of sp³-hybridized carbons (Fsp3) is 0.200. The summed E-state index contributed by atoms with van der Waals surface area (Å²) in [6.07, 6.45) is 1.61. The molecule has 0 atom stereocenters. The molecule has 0 amide bonds. The van der Waals surface area contributed by atoms with Crippen LogP contribution in [0, 0.1) is 6.92 Å². The molecule has 4 aromatic rings. The Kier molecular flexibility index (Phi) is 4.89. The number of hydrogen-bond acceptors (Lipinski definition) is 8. The predicted molar refractivity (Wildman–Crippen MR) is 110 cm³/mol. The molecule has 4 rings (SSSR count). The number of carbonyl (C=O) groups is 2. The van der Waals surface area contributed by atoms with Gasteiger partial charge in [0.15, 0.2) is 12.4 Å². The van der Waals surface area contributed by atoms with Crippen LogP contribution in [0.25, 0.3) is 21.1 Å². The van der Waals surface area contributed by atoms with Gasteiger partial charge in [0.05, 0.1) is 17.6 Å². The Bertz CT molecular complexity index is 1240. The van der Waals surface area contributed by atoms with Gasteiger partial charge in [0.1, 0.15) is 15.5 Å². The van der Waals surface area contributed by atoms with E-state index in [4.69, 9.17) is 15.2 Å².